The molecule has 7 heteroatoms. The van der Waals surface area contributed by atoms with Gasteiger partial charge >= 0.3 is 5.97 Å². The summed E-state index contributed by atoms with van der Waals surface area (Å²) in [6.07, 6.45) is 0.728. The molecule has 0 aromatic heterocycles. The molecule has 0 radical (unpaired) electrons. The molecule has 2 amide bonds. The van der Waals surface area contributed by atoms with Crippen LogP contribution < -0.4 is 9.80 Å². The van der Waals surface area contributed by atoms with Gasteiger partial charge in [-0.05, 0) is 68.8 Å². The summed E-state index contributed by atoms with van der Waals surface area (Å²) in [5.41, 5.74) is 3.05. The van der Waals surface area contributed by atoms with Gasteiger partial charge in [-0.15, -0.1) is 0 Å². The molecule has 1 heterocycles. The van der Waals surface area contributed by atoms with Crippen LogP contribution in [0.1, 0.15) is 36.2 Å². The lowest BCUT2D eigenvalue weighted by Gasteiger charge is -2.24. The molecule has 4 rings (SSSR count). The molecular formula is C29H28N2O4S. The Bertz CT molecular complexity index is 1290. The zero-order chi connectivity index (χ0) is 25.7. The van der Waals surface area contributed by atoms with E-state index in [1.165, 1.54) is 16.7 Å². The summed E-state index contributed by atoms with van der Waals surface area (Å²) >= 11 is 1.29. The van der Waals surface area contributed by atoms with Crippen molar-refractivity contribution in [1.29, 1.82) is 0 Å². The number of anilines is 2. The van der Waals surface area contributed by atoms with Gasteiger partial charge in [0, 0.05) is 17.1 Å². The van der Waals surface area contributed by atoms with Crippen molar-refractivity contribution in [2.24, 2.45) is 0 Å². The zero-order valence-electron chi connectivity index (χ0n) is 20.6. The first-order chi connectivity index (χ1) is 17.4. The van der Waals surface area contributed by atoms with Gasteiger partial charge in [0.15, 0.2) is 0 Å². The molecule has 0 aliphatic carbocycles. The second-order valence-corrected chi connectivity index (χ2v) is 9.38. The van der Waals surface area contributed by atoms with Crippen molar-refractivity contribution in [3.63, 3.8) is 0 Å². The lowest BCUT2D eigenvalue weighted by atomic mass is 10.2. The maximum absolute atomic E-state index is 13.8. The maximum Gasteiger partial charge on any atom is 0.338 e. The van der Waals surface area contributed by atoms with Crippen LogP contribution in [0.15, 0.2) is 94.4 Å². The van der Waals surface area contributed by atoms with Crippen LogP contribution in [0.2, 0.25) is 0 Å². The largest absolute Gasteiger partial charge is 0.462 e. The summed E-state index contributed by atoms with van der Waals surface area (Å²) in [4.78, 5) is 44.0. The number of rotatable bonds is 9. The molecule has 3 aromatic carbocycles. The summed E-state index contributed by atoms with van der Waals surface area (Å²) in [5.74, 6) is -1.23. The van der Waals surface area contributed by atoms with Crippen LogP contribution in [0.25, 0.3) is 0 Å². The minimum atomic E-state index is -0.432. The highest BCUT2D eigenvalue weighted by molar-refractivity contribution is 8.04. The predicted molar refractivity (Wildman–Crippen MR) is 143 cm³/mol. The molecule has 0 spiro atoms. The van der Waals surface area contributed by atoms with Gasteiger partial charge < -0.3 is 9.64 Å². The highest BCUT2D eigenvalue weighted by Crippen LogP contribution is 2.40. The van der Waals surface area contributed by atoms with Gasteiger partial charge in [-0.25, -0.2) is 9.69 Å². The van der Waals surface area contributed by atoms with Gasteiger partial charge in [-0.3, -0.25) is 9.59 Å². The van der Waals surface area contributed by atoms with Crippen LogP contribution in [0.3, 0.4) is 0 Å². The number of esters is 1. The predicted octanol–water partition coefficient (Wildman–Crippen LogP) is 5.97. The van der Waals surface area contributed by atoms with E-state index in [4.69, 9.17) is 4.74 Å². The Morgan fingerprint density at radius 1 is 0.889 bits per heavy atom. The Balaban J connectivity index is 1.72. The minimum absolute atomic E-state index is 0.336. The number of nitrogens with zero attached hydrogens (tertiary/aromatic N) is 2. The van der Waals surface area contributed by atoms with Gasteiger partial charge in [0.1, 0.15) is 10.6 Å². The van der Waals surface area contributed by atoms with E-state index in [0.29, 0.717) is 35.0 Å². The monoisotopic (exact) mass is 500 g/mol. The van der Waals surface area contributed by atoms with E-state index < -0.39 is 17.8 Å². The third kappa shape index (κ3) is 5.21. The summed E-state index contributed by atoms with van der Waals surface area (Å²) in [6.45, 7) is 6.72. The lowest BCUT2D eigenvalue weighted by Crippen LogP contribution is -2.35. The average Bonchev–Trinajstić information content (AvgIpc) is 3.14. The van der Waals surface area contributed by atoms with E-state index in [9.17, 15) is 14.4 Å². The van der Waals surface area contributed by atoms with Gasteiger partial charge in [0.2, 0.25) is 0 Å². The summed E-state index contributed by atoms with van der Waals surface area (Å²) in [5, 5.41) is 0. The van der Waals surface area contributed by atoms with Crippen LogP contribution in [0, 0.1) is 6.92 Å². The van der Waals surface area contributed by atoms with Crippen LogP contribution in [0.4, 0.5) is 11.4 Å². The second-order valence-electron chi connectivity index (χ2n) is 8.30. The first-order valence-electron chi connectivity index (χ1n) is 11.9. The average molecular weight is 501 g/mol. The van der Waals surface area contributed by atoms with Gasteiger partial charge in [-0.1, -0.05) is 54.6 Å². The molecule has 36 heavy (non-hydrogen) atoms. The molecule has 1 aliphatic rings. The number of hydrogen-bond donors (Lipinski definition) is 0. The molecule has 0 fully saturated rings. The number of amides is 2. The van der Waals surface area contributed by atoms with Crippen molar-refractivity contribution >= 4 is 40.9 Å². The van der Waals surface area contributed by atoms with Crippen LogP contribution in [-0.2, 0) is 14.3 Å². The number of ether oxygens (including phenoxy) is 1. The van der Waals surface area contributed by atoms with Gasteiger partial charge in [0.25, 0.3) is 11.8 Å². The van der Waals surface area contributed by atoms with Crippen LogP contribution >= 0.6 is 11.8 Å². The third-order valence-corrected chi connectivity index (χ3v) is 6.79. The molecule has 0 unspecified atom stereocenters. The first-order valence-corrected chi connectivity index (χ1v) is 12.7. The van der Waals surface area contributed by atoms with E-state index in [2.05, 4.69) is 0 Å². The zero-order valence-corrected chi connectivity index (χ0v) is 21.4. The molecule has 6 nitrogen and oxygen atoms in total. The van der Waals surface area contributed by atoms with Crippen molar-refractivity contribution in [3.8, 4) is 0 Å². The highest BCUT2D eigenvalue weighted by atomic mass is 32.2. The number of aryl methyl sites for hydroxylation is 1. The van der Waals surface area contributed by atoms with Gasteiger partial charge in [-0.2, -0.15) is 0 Å². The number of likely N-dealkylation sites (N-methyl/N-ethyl adjacent to an activating group) is 1. The number of carbonyl (C=O) groups excluding carboxylic acids is 3. The fourth-order valence-electron chi connectivity index (χ4n) is 3.89. The van der Waals surface area contributed by atoms with Gasteiger partial charge in [0.05, 0.1) is 17.9 Å². The number of para-hydroxylation sites is 1. The van der Waals surface area contributed by atoms with E-state index in [1.54, 1.807) is 24.3 Å². The van der Waals surface area contributed by atoms with Crippen molar-refractivity contribution in [3.05, 3.63) is 101 Å². The smallest absolute Gasteiger partial charge is 0.338 e. The molecule has 0 saturated heterocycles. The van der Waals surface area contributed by atoms with E-state index in [0.717, 1.165) is 22.6 Å². The first kappa shape index (κ1) is 25.3. The SMILES string of the molecule is CCCOC(=O)c1ccc(N2C(=O)C(Sc3ccc(C)cc3)=C(N(CC)c3ccccc3)C2=O)cc1. The van der Waals surface area contributed by atoms with E-state index in [1.807, 2.05) is 80.3 Å². The van der Waals surface area contributed by atoms with Crippen molar-refractivity contribution in [2.75, 3.05) is 23.0 Å². The normalized spacial score (nSPS) is 13.4. The molecule has 0 N–H and O–H groups in total. The summed E-state index contributed by atoms with van der Waals surface area (Å²) in [7, 11) is 0. The quantitative estimate of drug-likeness (QED) is 0.267. The Kier molecular flexibility index (Phi) is 7.90. The fraction of sp³-hybridized carbons (Fsp3) is 0.207. The second kappa shape index (κ2) is 11.3. The molecule has 0 bridgehead atoms. The van der Waals surface area contributed by atoms with Crippen LogP contribution in [-0.4, -0.2) is 30.9 Å². The van der Waals surface area contributed by atoms with E-state index in [-0.39, 0.29) is 0 Å². The number of imide groups is 1. The third-order valence-electron chi connectivity index (χ3n) is 5.71. The summed E-state index contributed by atoms with van der Waals surface area (Å²) < 4.78 is 5.18. The molecule has 184 valence electrons. The Morgan fingerprint density at radius 3 is 2.17 bits per heavy atom. The Morgan fingerprint density at radius 2 is 1.56 bits per heavy atom. The van der Waals surface area contributed by atoms with Crippen LogP contribution in [0.5, 0.6) is 0 Å². The number of hydrogen-bond acceptors (Lipinski definition) is 6. The topological polar surface area (TPSA) is 66.9 Å². The Labute approximate surface area is 215 Å². The number of carbonyl (C=O) groups is 3. The maximum atomic E-state index is 13.8. The van der Waals surface area contributed by atoms with Crippen molar-refractivity contribution < 1.29 is 19.1 Å². The number of benzene rings is 3. The summed E-state index contributed by atoms with van der Waals surface area (Å²) in [6, 6.07) is 23.8. The minimum Gasteiger partial charge on any atom is -0.462 e. The molecule has 1 aliphatic heterocycles. The highest BCUT2D eigenvalue weighted by Gasteiger charge is 2.42. The molecule has 0 saturated carbocycles. The molecular weight excluding hydrogens is 472 g/mol. The van der Waals surface area contributed by atoms with Crippen molar-refractivity contribution in [1.82, 2.24) is 0 Å². The number of thioether (sulfide) groups is 1. The Hall–Kier alpha value is -3.84. The molecule has 0 atom stereocenters. The van der Waals surface area contributed by atoms with Crippen molar-refractivity contribution in [2.45, 2.75) is 32.1 Å². The lowest BCUT2D eigenvalue weighted by molar-refractivity contribution is -0.120. The standard InChI is InChI=1S/C29H28N2O4S/c1-4-19-35-29(34)21-13-15-23(16-14-21)31-27(32)25(30(5-2)22-9-7-6-8-10-22)26(28(31)33)36-24-17-11-20(3)12-18-24/h6-18H,4-5,19H2,1-3H3. The van der Waals surface area contributed by atoms with E-state index >= 15 is 0 Å². The molecule has 3 aromatic rings. The fourth-order valence-corrected chi connectivity index (χ4v) is 4.87.